The lowest BCUT2D eigenvalue weighted by molar-refractivity contribution is -0.119. The summed E-state index contributed by atoms with van der Waals surface area (Å²) >= 11 is 0. The van der Waals surface area contributed by atoms with Gasteiger partial charge >= 0.3 is 0 Å². The minimum absolute atomic E-state index is 0. The molecule has 0 aliphatic rings. The molecule has 0 bridgehead atoms. The van der Waals surface area contributed by atoms with Gasteiger partial charge in [0.15, 0.2) is 6.61 Å². The van der Waals surface area contributed by atoms with E-state index in [0.717, 1.165) is 0 Å². The van der Waals surface area contributed by atoms with Crippen molar-refractivity contribution in [3.63, 3.8) is 0 Å². The maximum atomic E-state index is 12.1. The second-order valence-corrected chi connectivity index (χ2v) is 5.04. The van der Waals surface area contributed by atoms with Crippen LogP contribution in [0.15, 0.2) is 48.5 Å². The molecule has 25 heavy (non-hydrogen) atoms. The van der Waals surface area contributed by atoms with E-state index in [2.05, 4.69) is 5.32 Å². The quantitative estimate of drug-likeness (QED) is 0.435. The molecule has 2 aromatic carbocycles. The number of hydrogen-bond acceptors (Lipinski definition) is 4. The van der Waals surface area contributed by atoms with E-state index in [0.29, 0.717) is 22.4 Å². The number of carbonyl (C=O) groups is 2. The zero-order chi connectivity index (χ0) is 17.5. The maximum absolute atomic E-state index is 12.1. The highest BCUT2D eigenvalue weighted by Crippen LogP contribution is 2.20. The number of nitrogens with one attached hydrogen (secondary N) is 2. The summed E-state index contributed by atoms with van der Waals surface area (Å²) in [6.07, 6.45) is 0. The Bertz CT molecular complexity index is 766. The van der Waals surface area contributed by atoms with E-state index in [4.69, 9.17) is 21.6 Å². The molecule has 6 N–H and O–H groups in total. The zero-order valence-electron chi connectivity index (χ0n) is 13.3. The lowest BCUT2D eigenvalue weighted by Crippen LogP contribution is -2.24. The Hall–Kier alpha value is -3.06. The number of primary amides is 1. The van der Waals surface area contributed by atoms with Crippen molar-refractivity contribution < 1.29 is 14.3 Å². The number of carbonyl (C=O) groups excluding carboxylic acids is 2. The molecule has 8 heteroatoms. The number of nitrogens with two attached hydrogens (primary N) is 2. The van der Waals surface area contributed by atoms with E-state index in [9.17, 15) is 9.59 Å². The molecule has 0 fully saturated rings. The van der Waals surface area contributed by atoms with Gasteiger partial charge in [-0.25, -0.2) is 0 Å². The van der Waals surface area contributed by atoms with Gasteiger partial charge in [-0.05, 0) is 18.2 Å². The Balaban J connectivity index is 0.00000312. The van der Waals surface area contributed by atoms with Gasteiger partial charge < -0.3 is 21.5 Å². The standard InChI is InChI=1S/C17H18N4O3.ClH/c18-15(22)10-24-14-8-12(16(19)20)6-7-13(14)9-21-17(23)11-4-2-1-3-5-11;/h1-8H,9-10H2,(H2,18,22)(H3,19,20)(H,21,23);1H. The van der Waals surface area contributed by atoms with Crippen molar-refractivity contribution in [2.24, 2.45) is 11.5 Å². The summed E-state index contributed by atoms with van der Waals surface area (Å²) in [5.74, 6) is -0.636. The third-order valence-electron chi connectivity index (χ3n) is 3.22. The Morgan fingerprint density at radius 1 is 1.04 bits per heavy atom. The van der Waals surface area contributed by atoms with E-state index < -0.39 is 5.91 Å². The average molecular weight is 363 g/mol. The molecule has 132 valence electrons. The first-order valence-corrected chi connectivity index (χ1v) is 7.19. The number of halogens is 1. The first-order chi connectivity index (χ1) is 11.5. The molecule has 2 aromatic rings. The molecule has 0 unspecified atom stereocenters. The molecule has 2 rings (SSSR count). The van der Waals surface area contributed by atoms with Gasteiger partial charge in [0.1, 0.15) is 11.6 Å². The summed E-state index contributed by atoms with van der Waals surface area (Å²) in [7, 11) is 0. The Morgan fingerprint density at radius 2 is 1.72 bits per heavy atom. The van der Waals surface area contributed by atoms with Crippen LogP contribution < -0.4 is 21.5 Å². The fraction of sp³-hybridized carbons (Fsp3) is 0.118. The van der Waals surface area contributed by atoms with Crippen LogP contribution in [-0.2, 0) is 11.3 Å². The largest absolute Gasteiger partial charge is 0.483 e. The SMILES string of the molecule is Cl.N=C(N)c1ccc(CNC(=O)c2ccccc2)c(OCC(N)=O)c1. The highest BCUT2D eigenvalue weighted by Gasteiger charge is 2.11. The van der Waals surface area contributed by atoms with Crippen molar-refractivity contribution in [1.29, 1.82) is 5.41 Å². The van der Waals surface area contributed by atoms with Gasteiger partial charge in [-0.1, -0.05) is 30.3 Å². The van der Waals surface area contributed by atoms with Crippen molar-refractivity contribution in [1.82, 2.24) is 5.32 Å². The molecule has 0 aromatic heterocycles. The van der Waals surface area contributed by atoms with E-state index in [1.807, 2.05) is 6.07 Å². The minimum Gasteiger partial charge on any atom is -0.483 e. The fourth-order valence-corrected chi connectivity index (χ4v) is 2.02. The summed E-state index contributed by atoms with van der Waals surface area (Å²) in [5, 5.41) is 10.2. The molecule has 0 atom stereocenters. The molecule has 2 amide bonds. The first-order valence-electron chi connectivity index (χ1n) is 7.19. The topological polar surface area (TPSA) is 131 Å². The summed E-state index contributed by atoms with van der Waals surface area (Å²) in [5.41, 5.74) is 12.2. The van der Waals surface area contributed by atoms with Crippen molar-refractivity contribution in [2.45, 2.75) is 6.54 Å². The van der Waals surface area contributed by atoms with Crippen molar-refractivity contribution >= 4 is 30.1 Å². The van der Waals surface area contributed by atoms with Crippen LogP contribution in [-0.4, -0.2) is 24.3 Å². The number of nitrogen functional groups attached to an aromatic ring is 1. The van der Waals surface area contributed by atoms with E-state index in [-0.39, 0.29) is 37.3 Å². The van der Waals surface area contributed by atoms with Crippen LogP contribution >= 0.6 is 12.4 Å². The predicted octanol–water partition coefficient (Wildman–Crippen LogP) is 1.19. The number of rotatable bonds is 7. The van der Waals surface area contributed by atoms with E-state index >= 15 is 0 Å². The molecular weight excluding hydrogens is 344 g/mol. The Morgan fingerprint density at radius 3 is 2.32 bits per heavy atom. The maximum Gasteiger partial charge on any atom is 0.255 e. The molecule has 0 saturated carbocycles. The monoisotopic (exact) mass is 362 g/mol. The highest BCUT2D eigenvalue weighted by molar-refractivity contribution is 5.95. The first kappa shape index (κ1) is 20.0. The summed E-state index contributed by atoms with van der Waals surface area (Å²) in [6, 6.07) is 13.7. The third-order valence-corrected chi connectivity index (χ3v) is 3.22. The fourth-order valence-electron chi connectivity index (χ4n) is 2.02. The number of ether oxygens (including phenoxy) is 1. The van der Waals surface area contributed by atoms with Gasteiger partial charge in [0.2, 0.25) is 0 Å². The molecule has 0 radical (unpaired) electrons. The lowest BCUT2D eigenvalue weighted by Gasteiger charge is -2.13. The van der Waals surface area contributed by atoms with Crippen LogP contribution in [0.1, 0.15) is 21.5 Å². The van der Waals surface area contributed by atoms with Gasteiger partial charge in [-0.2, -0.15) is 0 Å². The predicted molar refractivity (Wildman–Crippen MR) is 97.0 cm³/mol. The summed E-state index contributed by atoms with van der Waals surface area (Å²) in [4.78, 5) is 23.0. The van der Waals surface area contributed by atoms with Crippen molar-refractivity contribution in [3.05, 3.63) is 65.2 Å². The zero-order valence-corrected chi connectivity index (χ0v) is 14.1. The van der Waals surface area contributed by atoms with Gasteiger partial charge in [0.05, 0.1) is 0 Å². The minimum atomic E-state index is -0.623. The molecule has 0 aliphatic heterocycles. The lowest BCUT2D eigenvalue weighted by atomic mass is 10.1. The number of hydrogen-bond donors (Lipinski definition) is 4. The normalized spacial score (nSPS) is 9.60. The Kier molecular flexibility index (Phi) is 7.43. The van der Waals surface area contributed by atoms with Crippen LogP contribution in [0.25, 0.3) is 0 Å². The molecular formula is C17H19ClN4O3. The summed E-state index contributed by atoms with van der Waals surface area (Å²) < 4.78 is 5.35. The van der Waals surface area contributed by atoms with Gasteiger partial charge in [-0.3, -0.25) is 15.0 Å². The second kappa shape index (κ2) is 9.29. The smallest absolute Gasteiger partial charge is 0.255 e. The molecule has 0 spiro atoms. The van der Waals surface area contributed by atoms with Crippen molar-refractivity contribution in [3.8, 4) is 5.75 Å². The number of benzene rings is 2. The summed E-state index contributed by atoms with van der Waals surface area (Å²) in [6.45, 7) is -0.110. The van der Waals surface area contributed by atoms with Crippen LogP contribution in [0, 0.1) is 5.41 Å². The van der Waals surface area contributed by atoms with Crippen LogP contribution in [0.3, 0.4) is 0 Å². The number of amides is 2. The van der Waals surface area contributed by atoms with Crippen LogP contribution in [0.5, 0.6) is 5.75 Å². The van der Waals surface area contributed by atoms with Crippen molar-refractivity contribution in [2.75, 3.05) is 6.61 Å². The molecule has 0 aliphatic carbocycles. The average Bonchev–Trinajstić information content (AvgIpc) is 2.58. The van der Waals surface area contributed by atoms with E-state index in [1.54, 1.807) is 36.4 Å². The number of amidine groups is 1. The second-order valence-electron chi connectivity index (χ2n) is 5.04. The Labute approximate surface area is 151 Å². The van der Waals surface area contributed by atoms with Gasteiger partial charge in [0, 0.05) is 23.2 Å². The van der Waals surface area contributed by atoms with Gasteiger partial charge in [-0.15, -0.1) is 12.4 Å². The van der Waals surface area contributed by atoms with Gasteiger partial charge in [0.25, 0.3) is 11.8 Å². The van der Waals surface area contributed by atoms with Crippen LogP contribution in [0.4, 0.5) is 0 Å². The van der Waals surface area contributed by atoms with Crippen LogP contribution in [0.2, 0.25) is 0 Å². The highest BCUT2D eigenvalue weighted by atomic mass is 35.5. The molecule has 0 heterocycles. The third kappa shape index (κ3) is 5.82. The molecule has 7 nitrogen and oxygen atoms in total. The molecule has 0 saturated heterocycles. The van der Waals surface area contributed by atoms with E-state index in [1.165, 1.54) is 6.07 Å².